The third kappa shape index (κ3) is 3.37. The highest BCUT2D eigenvalue weighted by molar-refractivity contribution is 6.17. The van der Waals surface area contributed by atoms with Gasteiger partial charge in [0.25, 0.3) is 0 Å². The van der Waals surface area contributed by atoms with E-state index in [0.29, 0.717) is 16.9 Å². The Hall–Kier alpha value is -5.04. The molecule has 2 amide bonds. The van der Waals surface area contributed by atoms with Crippen molar-refractivity contribution in [3.05, 3.63) is 132 Å². The summed E-state index contributed by atoms with van der Waals surface area (Å²) in [5.74, 6) is -2.75. The van der Waals surface area contributed by atoms with E-state index in [1.54, 1.807) is 12.1 Å². The van der Waals surface area contributed by atoms with Gasteiger partial charge in [-0.25, -0.2) is 4.39 Å². The average molecular weight is 530 g/mol. The lowest BCUT2D eigenvalue weighted by atomic mass is 9.64. The normalized spacial score (nSPS) is 23.8. The number of anilines is 3. The first-order valence-corrected chi connectivity index (χ1v) is 13.1. The number of Topliss-reactive ketones (excluding diaryl/α,β-unsaturated/α-hetero) is 1. The number of hydrogen-bond donors (Lipinski definition) is 2. The van der Waals surface area contributed by atoms with Gasteiger partial charge in [-0.05, 0) is 59.7 Å². The van der Waals surface area contributed by atoms with Crippen molar-refractivity contribution in [3.63, 3.8) is 0 Å². The van der Waals surface area contributed by atoms with Gasteiger partial charge in [-0.1, -0.05) is 66.7 Å². The maximum Gasteiger partial charge on any atom is 0.247 e. The van der Waals surface area contributed by atoms with Gasteiger partial charge in [0.15, 0.2) is 5.78 Å². The molecule has 2 N–H and O–H groups in total. The Balaban J connectivity index is 1.49. The molecule has 3 heterocycles. The van der Waals surface area contributed by atoms with E-state index in [-0.39, 0.29) is 11.5 Å². The summed E-state index contributed by atoms with van der Waals surface area (Å²) < 4.78 is 13.9. The molecule has 3 aliphatic heterocycles. The number of nitrogens with one attached hydrogen (secondary N) is 2. The van der Waals surface area contributed by atoms with Crippen LogP contribution in [0.3, 0.4) is 0 Å². The molecule has 1 spiro atoms. The van der Waals surface area contributed by atoms with Crippen LogP contribution in [0.5, 0.6) is 0 Å². The van der Waals surface area contributed by atoms with Crippen LogP contribution in [0.2, 0.25) is 0 Å². The molecule has 0 radical (unpaired) electrons. The van der Waals surface area contributed by atoms with Crippen molar-refractivity contribution in [3.8, 4) is 0 Å². The molecule has 4 aromatic carbocycles. The fraction of sp³-hybridized carbons (Fsp3) is 0.121. The van der Waals surface area contributed by atoms with E-state index in [2.05, 4.69) is 10.6 Å². The summed E-state index contributed by atoms with van der Waals surface area (Å²) in [5, 5.41) is 5.99. The average Bonchev–Trinajstić information content (AvgIpc) is 3.46. The van der Waals surface area contributed by atoms with E-state index in [9.17, 15) is 18.8 Å². The van der Waals surface area contributed by atoms with Gasteiger partial charge in [0, 0.05) is 22.6 Å². The second-order valence-electron chi connectivity index (χ2n) is 10.3. The van der Waals surface area contributed by atoms with E-state index in [1.807, 2.05) is 83.8 Å². The lowest BCUT2D eigenvalue weighted by molar-refractivity contribution is -0.122. The van der Waals surface area contributed by atoms with Gasteiger partial charge in [0.1, 0.15) is 17.3 Å². The zero-order chi connectivity index (χ0) is 27.4. The largest absolute Gasteiger partial charge is 0.350 e. The third-order valence-electron chi connectivity index (χ3n) is 8.26. The minimum atomic E-state index is -1.41. The van der Waals surface area contributed by atoms with Crippen molar-refractivity contribution < 1.29 is 18.8 Å². The van der Waals surface area contributed by atoms with Crippen molar-refractivity contribution in [1.82, 2.24) is 0 Å². The number of benzene rings is 4. The van der Waals surface area contributed by atoms with Crippen LogP contribution in [0.1, 0.15) is 21.5 Å². The van der Waals surface area contributed by atoms with E-state index in [1.165, 1.54) is 24.3 Å². The van der Waals surface area contributed by atoms with Crippen molar-refractivity contribution >= 4 is 40.7 Å². The molecule has 4 atom stereocenters. The Kier molecular flexibility index (Phi) is 5.42. The fourth-order valence-electron chi connectivity index (χ4n) is 6.65. The first kappa shape index (κ1) is 24.0. The highest BCUT2D eigenvalue weighted by atomic mass is 19.1. The summed E-state index contributed by atoms with van der Waals surface area (Å²) in [6.07, 6.45) is 3.87. The molecule has 6 nitrogen and oxygen atoms in total. The maximum atomic E-state index is 14.6. The minimum Gasteiger partial charge on any atom is -0.350 e. The second kappa shape index (κ2) is 9.02. The Bertz CT molecular complexity index is 1700. The summed E-state index contributed by atoms with van der Waals surface area (Å²) in [7, 11) is 0. The van der Waals surface area contributed by atoms with Crippen LogP contribution in [0.15, 0.2) is 109 Å². The number of ketones is 1. The molecule has 0 aromatic heterocycles. The SMILES string of the molecule is O=C(c1ccc(F)cc1)[C@@H]1[C@H](C(=O)Nc2ccccc2)N2c3ccccc3C=C[C@H]2[C@@]12C(=O)Nc1ccccc12. The lowest BCUT2D eigenvalue weighted by Crippen LogP contribution is -2.51. The smallest absolute Gasteiger partial charge is 0.247 e. The third-order valence-corrected chi connectivity index (χ3v) is 8.26. The molecular weight excluding hydrogens is 505 g/mol. The molecule has 40 heavy (non-hydrogen) atoms. The molecule has 7 rings (SSSR count). The maximum absolute atomic E-state index is 14.6. The van der Waals surface area contributed by atoms with Gasteiger partial charge in [-0.15, -0.1) is 0 Å². The summed E-state index contributed by atoms with van der Waals surface area (Å²) in [4.78, 5) is 45.0. The van der Waals surface area contributed by atoms with Gasteiger partial charge in [-0.3, -0.25) is 14.4 Å². The lowest BCUT2D eigenvalue weighted by Gasteiger charge is -2.37. The topological polar surface area (TPSA) is 78.5 Å². The van der Waals surface area contributed by atoms with Crippen LogP contribution in [0.4, 0.5) is 21.5 Å². The van der Waals surface area contributed by atoms with Crippen molar-refractivity contribution in [2.24, 2.45) is 5.92 Å². The van der Waals surface area contributed by atoms with E-state index >= 15 is 0 Å². The first-order chi connectivity index (χ1) is 19.5. The van der Waals surface area contributed by atoms with E-state index < -0.39 is 40.9 Å². The van der Waals surface area contributed by atoms with Crippen molar-refractivity contribution in [1.29, 1.82) is 0 Å². The minimum absolute atomic E-state index is 0.234. The monoisotopic (exact) mass is 529 g/mol. The van der Waals surface area contributed by atoms with E-state index in [0.717, 1.165) is 11.3 Å². The molecule has 0 saturated carbocycles. The van der Waals surface area contributed by atoms with Crippen LogP contribution in [0, 0.1) is 11.7 Å². The van der Waals surface area contributed by atoms with Crippen LogP contribution in [-0.4, -0.2) is 29.7 Å². The number of carbonyl (C=O) groups excluding carboxylic acids is 3. The standard InChI is InChI=1S/C33H24FN3O3/c34-22-17-14-21(15-18-22)30(38)28-29(31(39)35-23-9-2-1-3-10-23)37-26-13-7-4-8-20(26)16-19-27(37)33(28)24-11-5-6-12-25(24)36-32(33)40/h1-19,27-29H,(H,35,39)(H,36,40)/t27-,28-,29+,33+/m0/s1. The van der Waals surface area contributed by atoms with Crippen LogP contribution in [0.25, 0.3) is 6.08 Å². The molecule has 4 aromatic rings. The van der Waals surface area contributed by atoms with Crippen LogP contribution < -0.4 is 15.5 Å². The first-order valence-electron chi connectivity index (χ1n) is 13.1. The Morgan fingerprint density at radius 1 is 0.850 bits per heavy atom. The number of halogens is 1. The highest BCUT2D eigenvalue weighted by Gasteiger charge is 2.70. The van der Waals surface area contributed by atoms with Crippen molar-refractivity contribution in [2.45, 2.75) is 17.5 Å². The molecule has 1 saturated heterocycles. The molecule has 7 heteroatoms. The predicted octanol–water partition coefficient (Wildman–Crippen LogP) is 5.44. The number of para-hydroxylation sites is 3. The van der Waals surface area contributed by atoms with Gasteiger partial charge >= 0.3 is 0 Å². The van der Waals surface area contributed by atoms with Crippen LogP contribution in [-0.2, 0) is 15.0 Å². The second-order valence-corrected chi connectivity index (χ2v) is 10.3. The Morgan fingerprint density at radius 2 is 1.55 bits per heavy atom. The number of amides is 2. The number of nitrogens with zero attached hydrogens (tertiary/aromatic N) is 1. The van der Waals surface area contributed by atoms with E-state index in [4.69, 9.17) is 0 Å². The van der Waals surface area contributed by atoms with Gasteiger partial charge in [0.05, 0.1) is 12.0 Å². The molecule has 1 fully saturated rings. The number of rotatable bonds is 4. The Morgan fingerprint density at radius 3 is 2.35 bits per heavy atom. The molecule has 0 aliphatic carbocycles. The highest BCUT2D eigenvalue weighted by Crippen LogP contribution is 2.57. The zero-order valence-electron chi connectivity index (χ0n) is 21.3. The van der Waals surface area contributed by atoms with Gasteiger partial charge in [0.2, 0.25) is 11.8 Å². The number of fused-ring (bicyclic) bond motifs is 6. The van der Waals surface area contributed by atoms with Gasteiger partial charge in [-0.2, -0.15) is 0 Å². The van der Waals surface area contributed by atoms with Gasteiger partial charge < -0.3 is 15.5 Å². The summed E-state index contributed by atoms with van der Waals surface area (Å²) in [6, 6.07) is 27.6. The molecule has 3 aliphatic rings. The number of carbonyl (C=O) groups is 3. The summed E-state index contributed by atoms with van der Waals surface area (Å²) in [6.45, 7) is 0. The van der Waals surface area contributed by atoms with Crippen LogP contribution >= 0.6 is 0 Å². The predicted molar refractivity (Wildman–Crippen MR) is 152 cm³/mol. The van der Waals surface area contributed by atoms with Crippen molar-refractivity contribution in [2.75, 3.05) is 15.5 Å². The summed E-state index contributed by atoms with van der Waals surface area (Å²) in [5.41, 5.74) is 2.31. The number of hydrogen-bond acceptors (Lipinski definition) is 4. The fourth-order valence-corrected chi connectivity index (χ4v) is 6.65. The zero-order valence-corrected chi connectivity index (χ0v) is 21.3. The molecular formula is C33H24FN3O3. The Labute approximate surface area is 230 Å². The summed E-state index contributed by atoms with van der Waals surface area (Å²) >= 11 is 0. The molecule has 196 valence electrons. The molecule has 0 unspecified atom stereocenters. The molecule has 0 bridgehead atoms. The quantitative estimate of drug-likeness (QED) is 0.345.